The Balaban J connectivity index is 3.47. The third-order valence-corrected chi connectivity index (χ3v) is 2.30. The predicted molar refractivity (Wildman–Crippen MR) is 66.4 cm³/mol. The molecule has 0 aliphatic heterocycles. The SMILES string of the molecule is COCCCCNC(C)C(=O)NCC(C)C. The Bertz CT molecular complexity index is 184. The fourth-order valence-corrected chi connectivity index (χ4v) is 1.24. The van der Waals surface area contributed by atoms with Crippen molar-refractivity contribution >= 4 is 5.91 Å². The number of hydrogen-bond acceptors (Lipinski definition) is 3. The summed E-state index contributed by atoms with van der Waals surface area (Å²) in [6.07, 6.45) is 2.07. The average molecular weight is 230 g/mol. The average Bonchev–Trinajstić information content (AvgIpc) is 2.25. The van der Waals surface area contributed by atoms with Crippen molar-refractivity contribution < 1.29 is 9.53 Å². The number of methoxy groups -OCH3 is 1. The zero-order valence-corrected chi connectivity index (χ0v) is 11.0. The van der Waals surface area contributed by atoms with Crippen LogP contribution in [-0.2, 0) is 9.53 Å². The summed E-state index contributed by atoms with van der Waals surface area (Å²) in [5.41, 5.74) is 0. The van der Waals surface area contributed by atoms with Crippen LogP contribution in [0.5, 0.6) is 0 Å². The fraction of sp³-hybridized carbons (Fsp3) is 0.917. The van der Waals surface area contributed by atoms with Crippen molar-refractivity contribution in [1.29, 1.82) is 0 Å². The van der Waals surface area contributed by atoms with Gasteiger partial charge in [-0.3, -0.25) is 4.79 Å². The van der Waals surface area contributed by atoms with Crippen LogP contribution >= 0.6 is 0 Å². The molecule has 0 saturated heterocycles. The highest BCUT2D eigenvalue weighted by Crippen LogP contribution is 1.91. The molecule has 2 N–H and O–H groups in total. The van der Waals surface area contributed by atoms with Crippen LogP contribution in [0, 0.1) is 5.92 Å². The summed E-state index contributed by atoms with van der Waals surface area (Å²) in [5.74, 6) is 0.582. The highest BCUT2D eigenvalue weighted by Gasteiger charge is 2.11. The molecule has 16 heavy (non-hydrogen) atoms. The van der Waals surface area contributed by atoms with Crippen molar-refractivity contribution in [2.45, 2.75) is 39.7 Å². The second-order valence-electron chi connectivity index (χ2n) is 4.51. The van der Waals surface area contributed by atoms with Crippen molar-refractivity contribution in [2.24, 2.45) is 5.92 Å². The Labute approximate surface area is 99.1 Å². The van der Waals surface area contributed by atoms with Crippen molar-refractivity contribution in [3.05, 3.63) is 0 Å². The van der Waals surface area contributed by atoms with Gasteiger partial charge in [-0.1, -0.05) is 13.8 Å². The largest absolute Gasteiger partial charge is 0.385 e. The van der Waals surface area contributed by atoms with E-state index >= 15 is 0 Å². The molecule has 0 aromatic carbocycles. The van der Waals surface area contributed by atoms with Crippen LogP contribution in [-0.4, -0.2) is 38.8 Å². The lowest BCUT2D eigenvalue weighted by atomic mass is 10.2. The molecule has 1 unspecified atom stereocenters. The molecule has 0 fully saturated rings. The predicted octanol–water partition coefficient (Wildman–Crippen LogP) is 1.16. The van der Waals surface area contributed by atoms with Crippen LogP contribution in [0.4, 0.5) is 0 Å². The summed E-state index contributed by atoms with van der Waals surface area (Å²) < 4.78 is 4.95. The second kappa shape index (κ2) is 9.60. The summed E-state index contributed by atoms with van der Waals surface area (Å²) in [5, 5.41) is 6.11. The van der Waals surface area contributed by atoms with E-state index in [1.165, 1.54) is 0 Å². The molecule has 0 saturated carbocycles. The third kappa shape index (κ3) is 8.68. The van der Waals surface area contributed by atoms with Gasteiger partial charge in [-0.25, -0.2) is 0 Å². The number of hydrogen-bond donors (Lipinski definition) is 2. The van der Waals surface area contributed by atoms with E-state index in [9.17, 15) is 4.79 Å². The lowest BCUT2D eigenvalue weighted by Crippen LogP contribution is -2.43. The maximum Gasteiger partial charge on any atom is 0.236 e. The first-order valence-corrected chi connectivity index (χ1v) is 6.08. The molecular weight excluding hydrogens is 204 g/mol. The van der Waals surface area contributed by atoms with Gasteiger partial charge in [0.1, 0.15) is 0 Å². The molecule has 1 atom stereocenters. The first kappa shape index (κ1) is 15.4. The van der Waals surface area contributed by atoms with E-state index in [1.54, 1.807) is 7.11 Å². The standard InChI is InChI=1S/C12H26N2O2/c1-10(2)9-14-12(15)11(3)13-7-5-6-8-16-4/h10-11,13H,5-9H2,1-4H3,(H,14,15). The Morgan fingerprint density at radius 1 is 1.25 bits per heavy atom. The number of amides is 1. The van der Waals surface area contributed by atoms with E-state index in [-0.39, 0.29) is 11.9 Å². The van der Waals surface area contributed by atoms with Gasteiger partial charge in [0.05, 0.1) is 6.04 Å². The zero-order chi connectivity index (χ0) is 12.4. The smallest absolute Gasteiger partial charge is 0.236 e. The van der Waals surface area contributed by atoms with E-state index in [0.29, 0.717) is 5.92 Å². The number of ether oxygens (including phenoxy) is 1. The first-order valence-electron chi connectivity index (χ1n) is 6.08. The van der Waals surface area contributed by atoms with Gasteiger partial charge in [0, 0.05) is 20.3 Å². The molecule has 0 bridgehead atoms. The van der Waals surface area contributed by atoms with Gasteiger partial charge in [-0.05, 0) is 32.2 Å². The molecule has 4 nitrogen and oxygen atoms in total. The highest BCUT2D eigenvalue weighted by molar-refractivity contribution is 5.81. The van der Waals surface area contributed by atoms with E-state index in [4.69, 9.17) is 4.74 Å². The van der Waals surface area contributed by atoms with Crippen LogP contribution < -0.4 is 10.6 Å². The number of unbranched alkanes of at least 4 members (excludes halogenated alkanes) is 1. The minimum Gasteiger partial charge on any atom is -0.385 e. The van der Waals surface area contributed by atoms with Gasteiger partial charge in [0.15, 0.2) is 0 Å². The summed E-state index contributed by atoms with van der Waals surface area (Å²) in [7, 11) is 1.70. The van der Waals surface area contributed by atoms with Crippen LogP contribution in [0.3, 0.4) is 0 Å². The number of carbonyl (C=O) groups excluding carboxylic acids is 1. The molecule has 0 aliphatic rings. The second-order valence-corrected chi connectivity index (χ2v) is 4.51. The van der Waals surface area contributed by atoms with E-state index in [2.05, 4.69) is 24.5 Å². The van der Waals surface area contributed by atoms with Crippen molar-refractivity contribution in [3.8, 4) is 0 Å². The van der Waals surface area contributed by atoms with Gasteiger partial charge >= 0.3 is 0 Å². The Morgan fingerprint density at radius 2 is 1.94 bits per heavy atom. The maximum atomic E-state index is 11.6. The Kier molecular flexibility index (Phi) is 9.24. The molecule has 0 radical (unpaired) electrons. The minimum absolute atomic E-state index is 0.0837. The van der Waals surface area contributed by atoms with Crippen molar-refractivity contribution in [2.75, 3.05) is 26.8 Å². The highest BCUT2D eigenvalue weighted by atomic mass is 16.5. The summed E-state index contributed by atoms with van der Waals surface area (Å²) in [6.45, 7) is 8.46. The van der Waals surface area contributed by atoms with Crippen LogP contribution in [0.15, 0.2) is 0 Å². The molecule has 0 spiro atoms. The topological polar surface area (TPSA) is 50.4 Å². The van der Waals surface area contributed by atoms with Crippen LogP contribution in [0.25, 0.3) is 0 Å². The number of rotatable bonds is 9. The minimum atomic E-state index is -0.110. The Hall–Kier alpha value is -0.610. The van der Waals surface area contributed by atoms with Gasteiger partial charge in [0.25, 0.3) is 0 Å². The summed E-state index contributed by atoms with van der Waals surface area (Å²) in [4.78, 5) is 11.6. The summed E-state index contributed by atoms with van der Waals surface area (Å²) >= 11 is 0. The number of nitrogens with one attached hydrogen (secondary N) is 2. The van der Waals surface area contributed by atoms with Crippen LogP contribution in [0.2, 0.25) is 0 Å². The third-order valence-electron chi connectivity index (χ3n) is 2.30. The molecule has 96 valence electrons. The zero-order valence-electron chi connectivity index (χ0n) is 11.0. The fourth-order valence-electron chi connectivity index (χ4n) is 1.24. The normalized spacial score (nSPS) is 12.8. The van der Waals surface area contributed by atoms with Crippen LogP contribution in [0.1, 0.15) is 33.6 Å². The quantitative estimate of drug-likeness (QED) is 0.584. The lowest BCUT2D eigenvalue weighted by molar-refractivity contribution is -0.122. The van der Waals surface area contributed by atoms with E-state index in [0.717, 1.165) is 32.5 Å². The van der Waals surface area contributed by atoms with Gasteiger partial charge < -0.3 is 15.4 Å². The number of carbonyl (C=O) groups is 1. The van der Waals surface area contributed by atoms with Crippen molar-refractivity contribution in [3.63, 3.8) is 0 Å². The molecule has 0 heterocycles. The molecule has 0 rings (SSSR count). The lowest BCUT2D eigenvalue weighted by Gasteiger charge is -2.15. The molecule has 0 aromatic rings. The Morgan fingerprint density at radius 3 is 2.50 bits per heavy atom. The van der Waals surface area contributed by atoms with Crippen molar-refractivity contribution in [1.82, 2.24) is 10.6 Å². The van der Waals surface area contributed by atoms with E-state index in [1.807, 2.05) is 6.92 Å². The molecule has 0 aromatic heterocycles. The van der Waals surface area contributed by atoms with Gasteiger partial charge in [-0.15, -0.1) is 0 Å². The van der Waals surface area contributed by atoms with E-state index < -0.39 is 0 Å². The van der Waals surface area contributed by atoms with Gasteiger partial charge in [0.2, 0.25) is 5.91 Å². The monoisotopic (exact) mass is 230 g/mol. The molecule has 4 heteroatoms. The first-order chi connectivity index (χ1) is 7.57. The summed E-state index contributed by atoms with van der Waals surface area (Å²) in [6, 6.07) is -0.110. The molecule has 1 amide bonds. The molecule has 0 aliphatic carbocycles. The molecular formula is C12H26N2O2. The maximum absolute atomic E-state index is 11.6. The van der Waals surface area contributed by atoms with Gasteiger partial charge in [-0.2, -0.15) is 0 Å².